The van der Waals surface area contributed by atoms with Gasteiger partial charge in [0.1, 0.15) is 13.2 Å². The predicted molar refractivity (Wildman–Crippen MR) is 83.1 cm³/mol. The molecular formula is C17H17NO6. The van der Waals surface area contributed by atoms with Gasteiger partial charge in [0.05, 0.1) is 6.26 Å². The molecule has 1 aromatic heterocycles. The molecule has 1 aliphatic rings. The second-order valence-electron chi connectivity index (χ2n) is 5.13. The Labute approximate surface area is 138 Å². The Morgan fingerprint density at radius 3 is 2.75 bits per heavy atom. The van der Waals surface area contributed by atoms with Crippen molar-refractivity contribution in [3.63, 3.8) is 0 Å². The fourth-order valence-corrected chi connectivity index (χ4v) is 2.24. The maximum atomic E-state index is 11.7. The minimum absolute atomic E-state index is 0.0686. The fraction of sp³-hybridized carbons (Fsp3) is 0.294. The lowest BCUT2D eigenvalue weighted by atomic mass is 10.1. The largest absolute Gasteiger partial charge is 0.486 e. The van der Waals surface area contributed by atoms with Crippen molar-refractivity contribution in [2.75, 3.05) is 26.4 Å². The number of furan rings is 1. The van der Waals surface area contributed by atoms with Gasteiger partial charge in [0, 0.05) is 6.54 Å². The summed E-state index contributed by atoms with van der Waals surface area (Å²) in [5, 5.41) is 2.69. The van der Waals surface area contributed by atoms with Crippen LogP contribution in [-0.4, -0.2) is 38.2 Å². The van der Waals surface area contributed by atoms with Gasteiger partial charge in [0.25, 0.3) is 5.91 Å². The van der Waals surface area contributed by atoms with Crippen molar-refractivity contribution in [2.24, 2.45) is 0 Å². The molecule has 126 valence electrons. The van der Waals surface area contributed by atoms with E-state index < -0.39 is 5.97 Å². The highest BCUT2D eigenvalue weighted by Crippen LogP contribution is 2.30. The lowest BCUT2D eigenvalue weighted by Gasteiger charge is -2.18. The summed E-state index contributed by atoms with van der Waals surface area (Å²) in [5.41, 5.74) is 1.02. The number of carbonyl (C=O) groups is 2. The Hall–Kier alpha value is -2.96. The van der Waals surface area contributed by atoms with Gasteiger partial charge in [0.15, 0.2) is 18.1 Å². The summed E-state index contributed by atoms with van der Waals surface area (Å²) >= 11 is 0. The molecule has 1 aromatic carbocycles. The zero-order chi connectivity index (χ0) is 16.8. The van der Waals surface area contributed by atoms with Crippen LogP contribution in [0.15, 0.2) is 41.0 Å². The molecule has 0 unspecified atom stereocenters. The number of amides is 1. The number of esters is 1. The van der Waals surface area contributed by atoms with Gasteiger partial charge in [-0.3, -0.25) is 4.79 Å². The summed E-state index contributed by atoms with van der Waals surface area (Å²) in [5.74, 6) is 0.491. The van der Waals surface area contributed by atoms with Crippen molar-refractivity contribution in [1.29, 1.82) is 0 Å². The second-order valence-corrected chi connectivity index (χ2v) is 5.13. The van der Waals surface area contributed by atoms with Crippen LogP contribution in [0.25, 0.3) is 0 Å². The Kier molecular flexibility index (Phi) is 5.00. The standard InChI is InChI=1S/C17H17NO6/c19-16(11-24-17(20)14-2-1-7-21-14)18-6-5-12-3-4-13-15(10-12)23-9-8-22-13/h1-4,7,10H,5-6,8-9,11H2,(H,18,19). The third kappa shape index (κ3) is 4.07. The van der Waals surface area contributed by atoms with Gasteiger partial charge in [-0.25, -0.2) is 4.79 Å². The Bertz CT molecular complexity index is 710. The zero-order valence-electron chi connectivity index (χ0n) is 12.9. The number of hydrogen-bond donors (Lipinski definition) is 1. The van der Waals surface area contributed by atoms with E-state index in [0.29, 0.717) is 26.2 Å². The van der Waals surface area contributed by atoms with Crippen molar-refractivity contribution in [2.45, 2.75) is 6.42 Å². The quantitative estimate of drug-likeness (QED) is 0.809. The summed E-state index contributed by atoms with van der Waals surface area (Å²) in [6.07, 6.45) is 2.00. The van der Waals surface area contributed by atoms with E-state index in [1.165, 1.54) is 12.3 Å². The van der Waals surface area contributed by atoms with Gasteiger partial charge in [-0.2, -0.15) is 0 Å². The third-order valence-electron chi connectivity index (χ3n) is 3.40. The minimum Gasteiger partial charge on any atom is -0.486 e. The third-order valence-corrected chi connectivity index (χ3v) is 3.40. The molecule has 0 spiro atoms. The average Bonchev–Trinajstić information content (AvgIpc) is 3.14. The number of rotatable bonds is 6. The monoisotopic (exact) mass is 331 g/mol. The highest BCUT2D eigenvalue weighted by atomic mass is 16.6. The molecule has 3 rings (SSSR count). The maximum Gasteiger partial charge on any atom is 0.374 e. The molecule has 0 atom stereocenters. The van der Waals surface area contributed by atoms with E-state index in [-0.39, 0.29) is 18.3 Å². The van der Waals surface area contributed by atoms with Gasteiger partial charge in [-0.05, 0) is 36.2 Å². The van der Waals surface area contributed by atoms with Crippen LogP contribution in [-0.2, 0) is 16.0 Å². The molecule has 0 bridgehead atoms. The van der Waals surface area contributed by atoms with Gasteiger partial charge >= 0.3 is 5.97 Å². The fourth-order valence-electron chi connectivity index (χ4n) is 2.24. The highest BCUT2D eigenvalue weighted by molar-refractivity contribution is 5.88. The molecule has 7 nitrogen and oxygen atoms in total. The van der Waals surface area contributed by atoms with Crippen LogP contribution in [0.5, 0.6) is 11.5 Å². The van der Waals surface area contributed by atoms with E-state index in [2.05, 4.69) is 5.32 Å². The lowest BCUT2D eigenvalue weighted by molar-refractivity contribution is -0.124. The molecule has 2 aromatic rings. The van der Waals surface area contributed by atoms with Gasteiger partial charge < -0.3 is 23.9 Å². The lowest BCUT2D eigenvalue weighted by Crippen LogP contribution is -2.30. The predicted octanol–water partition coefficient (Wildman–Crippen LogP) is 1.57. The van der Waals surface area contributed by atoms with Crippen molar-refractivity contribution in [1.82, 2.24) is 5.32 Å². The Balaban J connectivity index is 1.40. The normalized spacial score (nSPS) is 12.5. The maximum absolute atomic E-state index is 11.7. The second kappa shape index (κ2) is 7.54. The van der Waals surface area contributed by atoms with Crippen LogP contribution in [0, 0.1) is 0 Å². The van der Waals surface area contributed by atoms with Gasteiger partial charge in [0.2, 0.25) is 5.76 Å². The van der Waals surface area contributed by atoms with Crippen LogP contribution in [0.3, 0.4) is 0 Å². The smallest absolute Gasteiger partial charge is 0.374 e. The van der Waals surface area contributed by atoms with Gasteiger partial charge in [-0.15, -0.1) is 0 Å². The highest BCUT2D eigenvalue weighted by Gasteiger charge is 2.13. The van der Waals surface area contributed by atoms with Crippen molar-refractivity contribution in [3.8, 4) is 11.5 Å². The first-order chi connectivity index (χ1) is 11.7. The molecule has 1 aliphatic heterocycles. The molecule has 24 heavy (non-hydrogen) atoms. The molecule has 2 heterocycles. The van der Waals surface area contributed by atoms with E-state index in [1.54, 1.807) is 6.07 Å². The molecule has 1 amide bonds. The summed E-state index contributed by atoms with van der Waals surface area (Å²) in [7, 11) is 0. The molecule has 7 heteroatoms. The van der Waals surface area contributed by atoms with E-state index in [0.717, 1.165) is 17.1 Å². The molecule has 0 aliphatic carbocycles. The Morgan fingerprint density at radius 2 is 1.96 bits per heavy atom. The number of hydrogen-bond acceptors (Lipinski definition) is 6. The van der Waals surface area contributed by atoms with Crippen LogP contribution in [0.2, 0.25) is 0 Å². The topological polar surface area (TPSA) is 87.0 Å². The van der Waals surface area contributed by atoms with Crippen LogP contribution in [0.4, 0.5) is 0 Å². The van der Waals surface area contributed by atoms with E-state index in [9.17, 15) is 9.59 Å². The van der Waals surface area contributed by atoms with Crippen molar-refractivity contribution in [3.05, 3.63) is 47.9 Å². The summed E-state index contributed by atoms with van der Waals surface area (Å²) in [4.78, 5) is 23.2. The molecular weight excluding hydrogens is 314 g/mol. The Morgan fingerprint density at radius 1 is 1.12 bits per heavy atom. The number of fused-ring (bicyclic) bond motifs is 1. The van der Waals surface area contributed by atoms with E-state index in [1.807, 2.05) is 18.2 Å². The first-order valence-corrected chi connectivity index (χ1v) is 7.58. The number of carbonyl (C=O) groups excluding carboxylic acids is 2. The van der Waals surface area contributed by atoms with Gasteiger partial charge in [-0.1, -0.05) is 6.07 Å². The zero-order valence-corrected chi connectivity index (χ0v) is 12.9. The van der Waals surface area contributed by atoms with E-state index >= 15 is 0 Å². The molecule has 0 radical (unpaired) electrons. The SMILES string of the molecule is O=C(COC(=O)c1ccco1)NCCc1ccc2c(c1)OCCO2. The molecule has 1 N–H and O–H groups in total. The number of nitrogens with one attached hydrogen (secondary N) is 1. The molecule has 0 saturated heterocycles. The first kappa shape index (κ1) is 15.9. The average molecular weight is 331 g/mol. The molecule has 0 fully saturated rings. The van der Waals surface area contributed by atoms with Crippen molar-refractivity contribution < 1.29 is 28.2 Å². The summed E-state index contributed by atoms with van der Waals surface area (Å²) < 4.78 is 20.7. The van der Waals surface area contributed by atoms with Crippen molar-refractivity contribution >= 4 is 11.9 Å². The van der Waals surface area contributed by atoms with Crippen LogP contribution < -0.4 is 14.8 Å². The minimum atomic E-state index is -0.665. The first-order valence-electron chi connectivity index (χ1n) is 7.58. The number of ether oxygens (including phenoxy) is 3. The van der Waals surface area contributed by atoms with E-state index in [4.69, 9.17) is 18.6 Å². The molecule has 0 saturated carbocycles. The van der Waals surface area contributed by atoms with Crippen LogP contribution >= 0.6 is 0 Å². The number of benzene rings is 1. The summed E-state index contributed by atoms with van der Waals surface area (Å²) in [6.45, 7) is 1.17. The van der Waals surface area contributed by atoms with Crippen LogP contribution in [0.1, 0.15) is 16.1 Å². The summed E-state index contributed by atoms with van der Waals surface area (Å²) in [6, 6.07) is 8.73.